The molecule has 39 heavy (non-hydrogen) atoms. The van der Waals surface area contributed by atoms with Gasteiger partial charge >= 0.3 is 0 Å². The first-order valence-corrected chi connectivity index (χ1v) is 13.1. The molecular formula is C31H34N2O6. The number of nitrogens with zero attached hydrogens (tertiary/aromatic N) is 2. The Kier molecular flexibility index (Phi) is 8.86. The van der Waals surface area contributed by atoms with Gasteiger partial charge in [-0.1, -0.05) is 25.5 Å². The van der Waals surface area contributed by atoms with Gasteiger partial charge < -0.3 is 24.2 Å². The number of aromatic nitrogens is 1. The minimum atomic E-state index is -0.851. The molecule has 4 rings (SSSR count). The van der Waals surface area contributed by atoms with E-state index in [-0.39, 0.29) is 17.9 Å². The molecule has 0 bridgehead atoms. The van der Waals surface area contributed by atoms with E-state index < -0.39 is 17.7 Å². The normalized spacial score (nSPS) is 16.4. The number of pyridine rings is 1. The number of Topliss-reactive ketones (excluding diaryl/α,β-unsaturated/α-hetero) is 1. The highest BCUT2D eigenvalue weighted by molar-refractivity contribution is 6.46. The van der Waals surface area contributed by atoms with E-state index in [1.807, 2.05) is 19.9 Å². The number of hydrogen-bond acceptors (Lipinski definition) is 7. The SMILES string of the molecule is CCCCOc1ccc(C(O)=C2C(=O)C(=O)N(Cc3cccnc3)[C@H]2c2ccc(OCC)c(OC)c2)cc1C. The third kappa shape index (κ3) is 5.90. The van der Waals surface area contributed by atoms with Gasteiger partial charge in [0.1, 0.15) is 11.5 Å². The number of hydrogen-bond donors (Lipinski definition) is 1. The van der Waals surface area contributed by atoms with Gasteiger partial charge in [-0.3, -0.25) is 14.6 Å². The average Bonchev–Trinajstić information content (AvgIpc) is 3.19. The molecule has 204 valence electrons. The second-order valence-electron chi connectivity index (χ2n) is 9.31. The molecular weight excluding hydrogens is 496 g/mol. The van der Waals surface area contributed by atoms with E-state index in [4.69, 9.17) is 14.2 Å². The van der Waals surface area contributed by atoms with E-state index in [0.29, 0.717) is 41.6 Å². The Labute approximate surface area is 228 Å². The Morgan fingerprint density at radius 3 is 2.49 bits per heavy atom. The van der Waals surface area contributed by atoms with E-state index in [1.54, 1.807) is 54.9 Å². The number of carbonyl (C=O) groups excluding carboxylic acids is 2. The lowest BCUT2D eigenvalue weighted by atomic mass is 9.94. The summed E-state index contributed by atoms with van der Waals surface area (Å²) < 4.78 is 17.0. The van der Waals surface area contributed by atoms with Crippen LogP contribution in [0.5, 0.6) is 17.2 Å². The van der Waals surface area contributed by atoms with Crippen molar-refractivity contribution < 1.29 is 28.9 Å². The summed E-state index contributed by atoms with van der Waals surface area (Å²) in [6.45, 7) is 7.04. The summed E-state index contributed by atoms with van der Waals surface area (Å²) in [7, 11) is 1.53. The van der Waals surface area contributed by atoms with Crippen LogP contribution in [-0.2, 0) is 16.1 Å². The van der Waals surface area contributed by atoms with E-state index in [9.17, 15) is 14.7 Å². The number of ketones is 1. The van der Waals surface area contributed by atoms with Crippen LogP contribution in [0, 0.1) is 6.92 Å². The van der Waals surface area contributed by atoms with Gasteiger partial charge in [0, 0.05) is 24.5 Å². The molecule has 1 saturated heterocycles. The van der Waals surface area contributed by atoms with Gasteiger partial charge in [-0.2, -0.15) is 0 Å². The third-order valence-electron chi connectivity index (χ3n) is 6.62. The maximum absolute atomic E-state index is 13.4. The smallest absolute Gasteiger partial charge is 0.295 e. The molecule has 0 saturated carbocycles. The Morgan fingerprint density at radius 1 is 1.03 bits per heavy atom. The number of rotatable bonds is 11. The molecule has 0 unspecified atom stereocenters. The predicted octanol–water partition coefficient (Wildman–Crippen LogP) is 5.60. The third-order valence-corrected chi connectivity index (χ3v) is 6.62. The minimum Gasteiger partial charge on any atom is -0.507 e. The second kappa shape index (κ2) is 12.5. The summed E-state index contributed by atoms with van der Waals surface area (Å²) in [6.07, 6.45) is 5.25. The highest BCUT2D eigenvalue weighted by atomic mass is 16.5. The number of aliphatic hydroxyl groups excluding tert-OH is 1. The zero-order valence-electron chi connectivity index (χ0n) is 22.8. The molecule has 2 heterocycles. The monoisotopic (exact) mass is 530 g/mol. The lowest BCUT2D eigenvalue weighted by Crippen LogP contribution is -2.29. The van der Waals surface area contributed by atoms with Crippen molar-refractivity contribution >= 4 is 17.4 Å². The van der Waals surface area contributed by atoms with Gasteiger partial charge in [0.25, 0.3) is 11.7 Å². The van der Waals surface area contributed by atoms with Crippen LogP contribution in [0.15, 0.2) is 66.5 Å². The summed E-state index contributed by atoms with van der Waals surface area (Å²) in [5.74, 6) is 0.0191. The van der Waals surface area contributed by atoms with Crippen LogP contribution < -0.4 is 14.2 Å². The number of unbranched alkanes of at least 4 members (excludes halogenated alkanes) is 1. The molecule has 0 aliphatic carbocycles. The first-order valence-electron chi connectivity index (χ1n) is 13.1. The van der Waals surface area contributed by atoms with Crippen molar-refractivity contribution in [2.24, 2.45) is 0 Å². The summed E-state index contributed by atoms with van der Waals surface area (Å²) in [6, 6.07) is 13.3. The van der Waals surface area contributed by atoms with Crippen LogP contribution in [0.25, 0.3) is 5.76 Å². The molecule has 0 radical (unpaired) electrons. The van der Waals surface area contributed by atoms with Gasteiger partial charge in [-0.05, 0) is 73.4 Å². The van der Waals surface area contributed by atoms with Crippen LogP contribution in [0.2, 0.25) is 0 Å². The second-order valence-corrected chi connectivity index (χ2v) is 9.31. The van der Waals surface area contributed by atoms with E-state index in [1.165, 1.54) is 12.0 Å². The molecule has 1 fully saturated rings. The summed E-state index contributed by atoms with van der Waals surface area (Å²) >= 11 is 0. The fourth-order valence-electron chi connectivity index (χ4n) is 4.65. The quantitative estimate of drug-likeness (QED) is 0.149. The van der Waals surface area contributed by atoms with Crippen molar-refractivity contribution in [1.82, 2.24) is 9.88 Å². The first-order chi connectivity index (χ1) is 18.9. The number of amides is 1. The van der Waals surface area contributed by atoms with Crippen LogP contribution in [-0.4, -0.2) is 47.0 Å². The van der Waals surface area contributed by atoms with Gasteiger partial charge in [-0.25, -0.2) is 0 Å². The topological polar surface area (TPSA) is 98.2 Å². The molecule has 1 N–H and O–H groups in total. The Hall–Kier alpha value is -4.33. The lowest BCUT2D eigenvalue weighted by Gasteiger charge is -2.26. The molecule has 1 atom stereocenters. The molecule has 1 aliphatic rings. The zero-order valence-corrected chi connectivity index (χ0v) is 22.8. The van der Waals surface area contributed by atoms with Crippen LogP contribution in [0.3, 0.4) is 0 Å². The molecule has 8 heteroatoms. The van der Waals surface area contributed by atoms with Crippen LogP contribution >= 0.6 is 0 Å². The zero-order chi connectivity index (χ0) is 27.9. The van der Waals surface area contributed by atoms with Crippen molar-refractivity contribution in [3.05, 3.63) is 88.8 Å². The Morgan fingerprint density at radius 2 is 1.82 bits per heavy atom. The van der Waals surface area contributed by atoms with Crippen LogP contribution in [0.1, 0.15) is 55.0 Å². The maximum Gasteiger partial charge on any atom is 0.295 e. The van der Waals surface area contributed by atoms with Crippen molar-refractivity contribution in [3.63, 3.8) is 0 Å². The van der Waals surface area contributed by atoms with Gasteiger partial charge in [-0.15, -0.1) is 0 Å². The number of benzene rings is 2. The van der Waals surface area contributed by atoms with E-state index >= 15 is 0 Å². The van der Waals surface area contributed by atoms with E-state index in [2.05, 4.69) is 11.9 Å². The van der Waals surface area contributed by atoms with Gasteiger partial charge in [0.05, 0.1) is 31.9 Å². The Balaban J connectivity index is 1.82. The molecule has 1 amide bonds. The van der Waals surface area contributed by atoms with Gasteiger partial charge in [0.2, 0.25) is 0 Å². The largest absolute Gasteiger partial charge is 0.507 e. The predicted molar refractivity (Wildman–Crippen MR) is 148 cm³/mol. The molecule has 8 nitrogen and oxygen atoms in total. The fourth-order valence-corrected chi connectivity index (χ4v) is 4.65. The number of ether oxygens (including phenoxy) is 3. The highest BCUT2D eigenvalue weighted by Crippen LogP contribution is 2.43. The standard InChI is InChI=1S/C31H34N2O6/c1-5-7-15-39-24-12-11-23(16-20(24)3)29(34)27-28(22-10-13-25(38-6-2)26(17-22)37-4)33(31(36)30(27)35)19-21-9-8-14-32-18-21/h8-14,16-18,28,34H,5-7,15,19H2,1-4H3/t28-/m0/s1. The average molecular weight is 531 g/mol. The summed E-state index contributed by atoms with van der Waals surface area (Å²) in [5, 5.41) is 11.5. The molecule has 1 aliphatic heterocycles. The number of likely N-dealkylation sites (tertiary alicyclic amines) is 1. The van der Waals surface area contributed by atoms with Crippen molar-refractivity contribution in [3.8, 4) is 17.2 Å². The first kappa shape index (κ1) is 27.7. The van der Waals surface area contributed by atoms with Crippen molar-refractivity contribution in [1.29, 1.82) is 0 Å². The molecule has 1 aromatic heterocycles. The number of methoxy groups -OCH3 is 1. The maximum atomic E-state index is 13.4. The highest BCUT2D eigenvalue weighted by Gasteiger charge is 2.46. The Bertz CT molecular complexity index is 1370. The number of aliphatic hydroxyl groups is 1. The fraction of sp³-hybridized carbons (Fsp3) is 0.323. The van der Waals surface area contributed by atoms with Gasteiger partial charge in [0.15, 0.2) is 11.5 Å². The van der Waals surface area contributed by atoms with Crippen LogP contribution in [0.4, 0.5) is 0 Å². The molecule has 3 aromatic rings. The molecule has 2 aromatic carbocycles. The van der Waals surface area contributed by atoms with Crippen molar-refractivity contribution in [2.75, 3.05) is 20.3 Å². The lowest BCUT2D eigenvalue weighted by molar-refractivity contribution is -0.140. The van der Waals surface area contributed by atoms with Crippen molar-refractivity contribution in [2.45, 2.75) is 46.2 Å². The van der Waals surface area contributed by atoms with E-state index in [0.717, 1.165) is 24.0 Å². The number of carbonyl (C=O) groups is 2. The summed E-state index contributed by atoms with van der Waals surface area (Å²) in [5.41, 5.74) is 2.62. The summed E-state index contributed by atoms with van der Waals surface area (Å²) in [4.78, 5) is 32.4. The number of aryl methyl sites for hydroxylation is 1. The minimum absolute atomic E-state index is 0.00848. The molecule has 0 spiro atoms.